The Morgan fingerprint density at radius 1 is 1.03 bits per heavy atom. The molecule has 0 fully saturated rings. The summed E-state index contributed by atoms with van der Waals surface area (Å²) in [5, 5.41) is 15.4. The second-order valence-electron chi connectivity index (χ2n) is 7.49. The molecule has 1 aromatic carbocycles. The van der Waals surface area contributed by atoms with Crippen LogP contribution in [0.4, 0.5) is 0 Å². The summed E-state index contributed by atoms with van der Waals surface area (Å²) in [6.45, 7) is 4.01. The molecule has 0 saturated heterocycles. The molecular weight excluding hydrogens is 410 g/mol. The molecular formula is C23H25N5O4. The van der Waals surface area contributed by atoms with Crippen LogP contribution in [0, 0.1) is 5.92 Å². The van der Waals surface area contributed by atoms with Crippen molar-refractivity contribution in [2.24, 2.45) is 5.92 Å². The van der Waals surface area contributed by atoms with E-state index in [-0.39, 0.29) is 23.5 Å². The molecule has 0 aliphatic heterocycles. The van der Waals surface area contributed by atoms with Crippen molar-refractivity contribution in [3.05, 3.63) is 71.7 Å². The number of carbonyl (C=O) groups excluding carboxylic acids is 3. The number of amides is 3. The van der Waals surface area contributed by atoms with Gasteiger partial charge < -0.3 is 20.4 Å². The molecule has 3 N–H and O–H groups in total. The Morgan fingerprint density at radius 3 is 2.53 bits per heavy atom. The monoisotopic (exact) mass is 435 g/mol. The van der Waals surface area contributed by atoms with E-state index in [0.717, 1.165) is 11.1 Å². The van der Waals surface area contributed by atoms with Gasteiger partial charge in [-0.15, -0.1) is 0 Å². The third kappa shape index (κ3) is 5.57. The lowest BCUT2D eigenvalue weighted by Crippen LogP contribution is -2.48. The van der Waals surface area contributed by atoms with Gasteiger partial charge in [-0.3, -0.25) is 14.4 Å². The molecule has 0 aliphatic rings. The molecule has 0 bridgehead atoms. The van der Waals surface area contributed by atoms with Crippen LogP contribution in [0.2, 0.25) is 0 Å². The van der Waals surface area contributed by atoms with Gasteiger partial charge in [0.15, 0.2) is 5.76 Å². The van der Waals surface area contributed by atoms with Crippen molar-refractivity contribution in [3.63, 3.8) is 0 Å². The Kier molecular flexibility index (Phi) is 7.33. The van der Waals surface area contributed by atoms with Gasteiger partial charge in [-0.2, -0.15) is 10.2 Å². The number of benzene rings is 1. The highest BCUT2D eigenvalue weighted by molar-refractivity contribution is 5.96. The number of nitrogens with one attached hydrogen (secondary N) is 3. The summed E-state index contributed by atoms with van der Waals surface area (Å²) in [4.78, 5) is 36.7. The lowest BCUT2D eigenvalue weighted by Gasteiger charge is -2.19. The van der Waals surface area contributed by atoms with Crippen LogP contribution in [0.15, 0.2) is 59.3 Å². The van der Waals surface area contributed by atoms with Crippen LogP contribution in [0.1, 0.15) is 40.3 Å². The highest BCUT2D eigenvalue weighted by atomic mass is 16.4. The molecule has 9 nitrogen and oxygen atoms in total. The zero-order valence-electron chi connectivity index (χ0n) is 18.1. The molecule has 0 radical (unpaired) electrons. The summed E-state index contributed by atoms with van der Waals surface area (Å²) < 4.78 is 5.73. The first kappa shape index (κ1) is 22.7. The topological polar surface area (TPSA) is 126 Å². The number of nitrogens with zero attached hydrogens (tertiary/aromatic N) is 2. The Hall–Kier alpha value is -4.01. The molecule has 32 heavy (non-hydrogen) atoms. The normalized spacial score (nSPS) is 11.6. The molecule has 0 aliphatic carbocycles. The Balaban J connectivity index is 1.67. The minimum atomic E-state index is -0.663. The molecule has 166 valence electrons. The van der Waals surface area contributed by atoms with Crippen LogP contribution < -0.4 is 16.0 Å². The summed E-state index contributed by atoms with van der Waals surface area (Å²) in [5.41, 5.74) is 2.04. The predicted octanol–water partition coefficient (Wildman–Crippen LogP) is 2.17. The average molecular weight is 435 g/mol. The second-order valence-corrected chi connectivity index (χ2v) is 7.49. The summed E-state index contributed by atoms with van der Waals surface area (Å²) >= 11 is 0. The maximum atomic E-state index is 12.6. The summed E-state index contributed by atoms with van der Waals surface area (Å²) in [6.07, 6.45) is 2.85. The zero-order chi connectivity index (χ0) is 23.1. The SMILES string of the molecule is CNC(=O)C(NC(=O)c1ccc(-c2cccc(CNC(=O)c3ccnnc3)c2)o1)C(C)C. The van der Waals surface area contributed by atoms with Gasteiger partial charge in [0.25, 0.3) is 11.8 Å². The largest absolute Gasteiger partial charge is 0.451 e. The van der Waals surface area contributed by atoms with Gasteiger partial charge in [0.2, 0.25) is 5.91 Å². The minimum absolute atomic E-state index is 0.0804. The third-order valence-corrected chi connectivity index (χ3v) is 4.82. The van der Waals surface area contributed by atoms with E-state index in [4.69, 9.17) is 4.42 Å². The first-order valence-corrected chi connectivity index (χ1v) is 10.2. The molecule has 0 spiro atoms. The molecule has 9 heteroatoms. The summed E-state index contributed by atoms with van der Waals surface area (Å²) in [5.74, 6) is -0.451. The van der Waals surface area contributed by atoms with E-state index < -0.39 is 11.9 Å². The van der Waals surface area contributed by atoms with E-state index >= 15 is 0 Å². The quantitative estimate of drug-likeness (QED) is 0.498. The maximum absolute atomic E-state index is 12.6. The van der Waals surface area contributed by atoms with Gasteiger partial charge in [-0.1, -0.05) is 32.0 Å². The van der Waals surface area contributed by atoms with E-state index in [2.05, 4.69) is 26.1 Å². The number of furan rings is 1. The lowest BCUT2D eigenvalue weighted by atomic mass is 10.0. The van der Waals surface area contributed by atoms with E-state index in [1.165, 1.54) is 19.4 Å². The van der Waals surface area contributed by atoms with Gasteiger partial charge >= 0.3 is 0 Å². The van der Waals surface area contributed by atoms with Gasteiger partial charge in [-0.25, -0.2) is 0 Å². The Morgan fingerprint density at radius 2 is 1.84 bits per heavy atom. The van der Waals surface area contributed by atoms with Crippen LogP contribution in [0.25, 0.3) is 11.3 Å². The van der Waals surface area contributed by atoms with Gasteiger partial charge in [0, 0.05) is 19.2 Å². The van der Waals surface area contributed by atoms with E-state index in [9.17, 15) is 14.4 Å². The van der Waals surface area contributed by atoms with Crippen molar-refractivity contribution in [1.82, 2.24) is 26.1 Å². The van der Waals surface area contributed by atoms with Crippen LogP contribution >= 0.6 is 0 Å². The zero-order valence-corrected chi connectivity index (χ0v) is 18.1. The third-order valence-electron chi connectivity index (χ3n) is 4.82. The van der Waals surface area contributed by atoms with Crippen LogP contribution in [-0.2, 0) is 11.3 Å². The number of rotatable bonds is 8. The van der Waals surface area contributed by atoms with Crippen LogP contribution in [-0.4, -0.2) is 41.0 Å². The maximum Gasteiger partial charge on any atom is 0.287 e. The number of likely N-dealkylation sites (N-methyl/N-ethyl adjacent to an activating group) is 1. The molecule has 1 unspecified atom stereocenters. The van der Waals surface area contributed by atoms with Crippen molar-refractivity contribution in [2.45, 2.75) is 26.4 Å². The number of hydrogen-bond acceptors (Lipinski definition) is 6. The fourth-order valence-electron chi connectivity index (χ4n) is 3.06. The van der Waals surface area contributed by atoms with E-state index in [1.807, 2.05) is 38.1 Å². The van der Waals surface area contributed by atoms with Gasteiger partial charge in [0.05, 0.1) is 18.0 Å². The van der Waals surface area contributed by atoms with E-state index in [0.29, 0.717) is 17.9 Å². The van der Waals surface area contributed by atoms with Crippen LogP contribution in [0.3, 0.4) is 0 Å². The first-order chi connectivity index (χ1) is 15.4. The number of hydrogen-bond donors (Lipinski definition) is 3. The average Bonchev–Trinajstić information content (AvgIpc) is 3.31. The molecule has 2 aromatic heterocycles. The predicted molar refractivity (Wildman–Crippen MR) is 118 cm³/mol. The molecule has 3 rings (SSSR count). The fraction of sp³-hybridized carbons (Fsp3) is 0.261. The van der Waals surface area contributed by atoms with Gasteiger partial charge in [0.1, 0.15) is 11.8 Å². The second kappa shape index (κ2) is 10.3. The minimum Gasteiger partial charge on any atom is -0.451 e. The standard InChI is InChI=1S/C23H25N5O4/c1-14(2)20(23(31)24-3)28-22(30)19-8-7-18(32-19)16-6-4-5-15(11-16)12-25-21(29)17-9-10-26-27-13-17/h4-11,13-14,20H,12H2,1-3H3,(H,24,31)(H,25,29)(H,28,30). The summed E-state index contributed by atoms with van der Waals surface area (Å²) in [7, 11) is 1.53. The molecule has 3 aromatic rings. The molecule has 1 atom stereocenters. The van der Waals surface area contributed by atoms with Crippen molar-refractivity contribution in [3.8, 4) is 11.3 Å². The number of carbonyl (C=O) groups is 3. The fourth-order valence-corrected chi connectivity index (χ4v) is 3.06. The molecule has 0 saturated carbocycles. The Labute approximate surface area is 185 Å². The van der Waals surface area contributed by atoms with Crippen molar-refractivity contribution in [2.75, 3.05) is 7.05 Å². The highest BCUT2D eigenvalue weighted by Gasteiger charge is 2.25. The van der Waals surface area contributed by atoms with E-state index in [1.54, 1.807) is 18.2 Å². The molecule has 2 heterocycles. The van der Waals surface area contributed by atoms with Gasteiger partial charge in [-0.05, 0) is 35.7 Å². The molecule has 3 amide bonds. The highest BCUT2D eigenvalue weighted by Crippen LogP contribution is 2.23. The lowest BCUT2D eigenvalue weighted by molar-refractivity contribution is -0.123. The van der Waals surface area contributed by atoms with Crippen molar-refractivity contribution in [1.29, 1.82) is 0 Å². The smallest absolute Gasteiger partial charge is 0.287 e. The summed E-state index contributed by atoms with van der Waals surface area (Å²) in [6, 6.07) is 11.6. The number of aromatic nitrogens is 2. The van der Waals surface area contributed by atoms with Crippen molar-refractivity contribution >= 4 is 17.7 Å². The first-order valence-electron chi connectivity index (χ1n) is 10.2. The Bertz CT molecular complexity index is 1090. The van der Waals surface area contributed by atoms with Crippen molar-refractivity contribution < 1.29 is 18.8 Å². The van der Waals surface area contributed by atoms with Crippen LogP contribution in [0.5, 0.6) is 0 Å².